The molecule has 3 rings (SSSR count). The zero-order chi connectivity index (χ0) is 15.0. The second-order valence-electron chi connectivity index (χ2n) is 5.26. The van der Waals surface area contributed by atoms with Crippen LogP contribution < -0.4 is 0 Å². The van der Waals surface area contributed by atoms with E-state index in [0.717, 1.165) is 22.9 Å². The van der Waals surface area contributed by atoms with Crippen molar-refractivity contribution in [3.63, 3.8) is 0 Å². The van der Waals surface area contributed by atoms with Gasteiger partial charge in [0.05, 0.1) is 5.69 Å². The topological polar surface area (TPSA) is 21.5 Å². The van der Waals surface area contributed by atoms with E-state index >= 15 is 0 Å². The Balaban J connectivity index is 2.34. The van der Waals surface area contributed by atoms with Gasteiger partial charge in [-0.15, -0.1) is 11.8 Å². The van der Waals surface area contributed by atoms with E-state index in [9.17, 15) is 4.79 Å². The van der Waals surface area contributed by atoms with Crippen molar-refractivity contribution in [1.29, 1.82) is 0 Å². The lowest BCUT2D eigenvalue weighted by Gasteiger charge is -2.08. The predicted octanol–water partition coefficient (Wildman–Crippen LogP) is 4.76. The number of fused-ring (bicyclic) bond motifs is 1. The highest BCUT2D eigenvalue weighted by Crippen LogP contribution is 2.34. The monoisotopic (exact) mass is 295 g/mol. The van der Waals surface area contributed by atoms with Crippen LogP contribution >= 0.6 is 11.8 Å². The van der Waals surface area contributed by atoms with E-state index < -0.39 is 0 Å². The zero-order valence-corrected chi connectivity index (χ0v) is 13.2. The third kappa shape index (κ3) is 2.38. The van der Waals surface area contributed by atoms with E-state index in [1.165, 1.54) is 16.0 Å². The van der Waals surface area contributed by atoms with Crippen LogP contribution in [0.4, 0.5) is 0 Å². The first-order valence-corrected chi connectivity index (χ1v) is 8.08. The number of carbonyl (C=O) groups excluding carboxylic acids is 1. The average molecular weight is 295 g/mol. The van der Waals surface area contributed by atoms with Crippen LogP contribution in [0.3, 0.4) is 0 Å². The summed E-state index contributed by atoms with van der Waals surface area (Å²) in [6, 6.07) is 12.6. The lowest BCUT2D eigenvalue weighted by molar-refractivity contribution is 0.111. The number of nitrogens with zero attached hydrogens (tertiary/aromatic N) is 1. The quantitative estimate of drug-likeness (QED) is 0.513. The van der Waals surface area contributed by atoms with Crippen molar-refractivity contribution in [3.8, 4) is 11.1 Å². The number of aryl methyl sites for hydroxylation is 2. The molecule has 0 aliphatic heterocycles. The molecule has 2 nitrogen and oxygen atoms in total. The number of aromatic nitrogens is 1. The molecule has 0 unspecified atom stereocenters. The normalized spacial score (nSPS) is 11.0. The summed E-state index contributed by atoms with van der Waals surface area (Å²) in [5, 5.41) is 0. The van der Waals surface area contributed by atoms with Crippen LogP contribution in [0.25, 0.3) is 16.6 Å². The van der Waals surface area contributed by atoms with Gasteiger partial charge in [0.2, 0.25) is 0 Å². The summed E-state index contributed by atoms with van der Waals surface area (Å²) in [7, 11) is 0. The van der Waals surface area contributed by atoms with Gasteiger partial charge in [0.25, 0.3) is 0 Å². The van der Waals surface area contributed by atoms with Gasteiger partial charge in [-0.05, 0) is 55.5 Å². The van der Waals surface area contributed by atoms with Crippen molar-refractivity contribution in [2.24, 2.45) is 0 Å². The Kier molecular flexibility index (Phi) is 3.60. The summed E-state index contributed by atoms with van der Waals surface area (Å²) in [6.45, 7) is 4.14. The third-order valence-electron chi connectivity index (χ3n) is 3.72. The minimum Gasteiger partial charge on any atom is -0.314 e. The Labute approximate surface area is 128 Å². The number of carbonyl (C=O) groups is 1. The molecule has 0 radical (unpaired) electrons. The smallest absolute Gasteiger partial charge is 0.167 e. The van der Waals surface area contributed by atoms with Crippen LogP contribution in [-0.4, -0.2) is 16.9 Å². The molecular weight excluding hydrogens is 278 g/mol. The number of rotatable bonds is 3. The summed E-state index contributed by atoms with van der Waals surface area (Å²) in [4.78, 5) is 12.8. The first-order valence-electron chi connectivity index (χ1n) is 6.86. The van der Waals surface area contributed by atoms with Crippen molar-refractivity contribution >= 4 is 23.6 Å². The molecule has 0 aliphatic carbocycles. The van der Waals surface area contributed by atoms with Crippen LogP contribution in [0.5, 0.6) is 0 Å². The first-order chi connectivity index (χ1) is 10.1. The van der Waals surface area contributed by atoms with Gasteiger partial charge in [0.15, 0.2) is 6.29 Å². The highest BCUT2D eigenvalue weighted by Gasteiger charge is 2.14. The number of benzene rings is 1. The van der Waals surface area contributed by atoms with Gasteiger partial charge in [0.1, 0.15) is 0 Å². The summed E-state index contributed by atoms with van der Waals surface area (Å²) in [5.41, 5.74) is 6.30. The second-order valence-corrected chi connectivity index (χ2v) is 6.11. The summed E-state index contributed by atoms with van der Waals surface area (Å²) in [5.74, 6) is 0. The predicted molar refractivity (Wildman–Crippen MR) is 89.5 cm³/mol. The highest BCUT2D eigenvalue weighted by atomic mass is 32.2. The number of pyridine rings is 1. The van der Waals surface area contributed by atoms with Crippen LogP contribution in [0, 0.1) is 13.8 Å². The van der Waals surface area contributed by atoms with E-state index in [1.807, 2.05) is 16.7 Å². The second kappa shape index (κ2) is 5.41. The van der Waals surface area contributed by atoms with Gasteiger partial charge >= 0.3 is 0 Å². The molecule has 0 fully saturated rings. The Bertz CT molecular complexity index is 833. The molecule has 3 aromatic rings. The van der Waals surface area contributed by atoms with Gasteiger partial charge < -0.3 is 4.40 Å². The van der Waals surface area contributed by atoms with E-state index in [1.54, 1.807) is 11.8 Å². The van der Waals surface area contributed by atoms with Crippen LogP contribution in [0.15, 0.2) is 47.5 Å². The van der Waals surface area contributed by atoms with Gasteiger partial charge in [0, 0.05) is 22.2 Å². The lowest BCUT2D eigenvalue weighted by Crippen LogP contribution is -1.93. The highest BCUT2D eigenvalue weighted by molar-refractivity contribution is 7.98. The Hall–Kier alpha value is -2.00. The molecule has 0 N–H and O–H groups in total. The van der Waals surface area contributed by atoms with Crippen LogP contribution in [-0.2, 0) is 0 Å². The molecule has 0 aliphatic rings. The zero-order valence-electron chi connectivity index (χ0n) is 12.4. The van der Waals surface area contributed by atoms with Crippen LogP contribution in [0.1, 0.15) is 21.6 Å². The molecular formula is C18H17NOS. The Morgan fingerprint density at radius 2 is 1.76 bits per heavy atom. The molecule has 0 bridgehead atoms. The fraction of sp³-hybridized carbons (Fsp3) is 0.167. The molecule has 21 heavy (non-hydrogen) atoms. The first kappa shape index (κ1) is 14.0. The van der Waals surface area contributed by atoms with E-state index in [-0.39, 0.29) is 0 Å². The molecule has 0 spiro atoms. The minimum absolute atomic E-state index is 0.714. The van der Waals surface area contributed by atoms with Crippen molar-refractivity contribution in [1.82, 2.24) is 4.40 Å². The number of hydrogen-bond acceptors (Lipinski definition) is 2. The molecule has 106 valence electrons. The summed E-state index contributed by atoms with van der Waals surface area (Å²) >= 11 is 1.71. The average Bonchev–Trinajstić information content (AvgIpc) is 2.84. The molecule has 0 saturated heterocycles. The van der Waals surface area contributed by atoms with E-state index in [4.69, 9.17) is 0 Å². The van der Waals surface area contributed by atoms with Gasteiger partial charge in [-0.3, -0.25) is 4.79 Å². The third-order valence-corrected chi connectivity index (χ3v) is 4.52. The number of aldehydes is 1. The maximum absolute atomic E-state index is 11.6. The van der Waals surface area contributed by atoms with Crippen molar-refractivity contribution in [2.45, 2.75) is 18.7 Å². The number of hydrogen-bond donors (Lipinski definition) is 0. The Morgan fingerprint density at radius 3 is 2.48 bits per heavy atom. The van der Waals surface area contributed by atoms with E-state index in [2.05, 4.69) is 50.4 Å². The SMILES string of the molecule is CSc1ccc(C)cc1-c1cc2cc(C)ccn2c1C=O. The van der Waals surface area contributed by atoms with E-state index in [0.29, 0.717) is 5.69 Å². The van der Waals surface area contributed by atoms with Gasteiger partial charge in [-0.25, -0.2) is 0 Å². The summed E-state index contributed by atoms with van der Waals surface area (Å²) < 4.78 is 1.96. The molecule has 0 atom stereocenters. The fourth-order valence-corrected chi connectivity index (χ4v) is 3.27. The Morgan fingerprint density at radius 1 is 1.00 bits per heavy atom. The van der Waals surface area contributed by atoms with Crippen LogP contribution in [0.2, 0.25) is 0 Å². The standard InChI is InChI=1S/C18H17NOS/c1-12-4-5-18(21-3)16(9-12)15-10-14-8-13(2)6-7-19(14)17(15)11-20/h4-11H,1-3H3. The maximum Gasteiger partial charge on any atom is 0.167 e. The van der Waals surface area contributed by atoms with Crippen molar-refractivity contribution < 1.29 is 4.79 Å². The molecule has 2 heterocycles. The van der Waals surface area contributed by atoms with Crippen molar-refractivity contribution in [2.75, 3.05) is 6.26 Å². The fourth-order valence-electron chi connectivity index (χ4n) is 2.68. The largest absolute Gasteiger partial charge is 0.314 e. The van der Waals surface area contributed by atoms with Crippen molar-refractivity contribution in [3.05, 3.63) is 59.4 Å². The molecule has 3 heteroatoms. The minimum atomic E-state index is 0.714. The lowest BCUT2D eigenvalue weighted by atomic mass is 10.0. The molecule has 0 saturated carbocycles. The van der Waals surface area contributed by atoms with Gasteiger partial charge in [-0.2, -0.15) is 0 Å². The molecule has 0 amide bonds. The summed E-state index contributed by atoms with van der Waals surface area (Å²) in [6.07, 6.45) is 4.98. The molecule has 1 aromatic carbocycles. The number of thioether (sulfide) groups is 1. The van der Waals surface area contributed by atoms with Gasteiger partial charge in [-0.1, -0.05) is 17.7 Å². The maximum atomic E-state index is 11.6. The molecule has 2 aromatic heterocycles.